The van der Waals surface area contributed by atoms with Crippen molar-refractivity contribution in [3.05, 3.63) is 82.3 Å². The number of carboxylic acids is 1. The molecule has 4 aromatic rings. The lowest BCUT2D eigenvalue weighted by atomic mass is 10.1. The summed E-state index contributed by atoms with van der Waals surface area (Å²) in [5.41, 5.74) is 2.93. The highest BCUT2D eigenvalue weighted by Crippen LogP contribution is 2.28. The summed E-state index contributed by atoms with van der Waals surface area (Å²) < 4.78 is 6.57. The summed E-state index contributed by atoms with van der Waals surface area (Å²) in [6.45, 7) is 1.89. The molecule has 38 heavy (non-hydrogen) atoms. The van der Waals surface area contributed by atoms with E-state index in [1.807, 2.05) is 0 Å². The van der Waals surface area contributed by atoms with Crippen LogP contribution in [-0.2, 0) is 17.9 Å². The van der Waals surface area contributed by atoms with Crippen LogP contribution < -0.4 is 20.7 Å². The van der Waals surface area contributed by atoms with E-state index in [1.54, 1.807) is 37.3 Å². The number of aromatic carboxylic acids is 1. The third kappa shape index (κ3) is 4.97. The van der Waals surface area contributed by atoms with Gasteiger partial charge in [0.25, 0.3) is 17.7 Å². The molecule has 13 heteroatoms. The summed E-state index contributed by atoms with van der Waals surface area (Å²) in [5, 5.41) is 25.1. The van der Waals surface area contributed by atoms with Crippen molar-refractivity contribution < 1.29 is 29.0 Å². The fourth-order valence-electron chi connectivity index (χ4n) is 3.96. The number of rotatable bonds is 7. The van der Waals surface area contributed by atoms with Crippen LogP contribution in [0.15, 0.2) is 48.7 Å². The summed E-state index contributed by atoms with van der Waals surface area (Å²) in [7, 11) is 0. The molecule has 0 unspecified atom stereocenters. The molecule has 0 aliphatic carbocycles. The summed E-state index contributed by atoms with van der Waals surface area (Å²) >= 11 is 0. The number of aryl methyl sites for hydroxylation is 1. The molecule has 2 aromatic carbocycles. The lowest BCUT2D eigenvalue weighted by Crippen LogP contribution is -2.29. The molecule has 3 heterocycles. The lowest BCUT2D eigenvalue weighted by molar-refractivity contribution is -0.118. The summed E-state index contributed by atoms with van der Waals surface area (Å²) in [5.74, 6) is -1.80. The second-order valence-corrected chi connectivity index (χ2v) is 8.52. The van der Waals surface area contributed by atoms with Gasteiger partial charge < -0.3 is 25.8 Å². The topological polar surface area (TPSA) is 177 Å². The van der Waals surface area contributed by atoms with Gasteiger partial charge in [-0.1, -0.05) is 23.4 Å². The van der Waals surface area contributed by atoms with Crippen molar-refractivity contribution in [3.8, 4) is 5.75 Å². The zero-order chi connectivity index (χ0) is 26.8. The van der Waals surface area contributed by atoms with Crippen molar-refractivity contribution >= 4 is 35.0 Å². The maximum atomic E-state index is 13.0. The number of nitrogens with zero attached hydrogens (tertiary/aromatic N) is 4. The molecule has 5 rings (SSSR count). The molecule has 0 saturated heterocycles. The Labute approximate surface area is 214 Å². The van der Waals surface area contributed by atoms with Crippen LogP contribution >= 0.6 is 0 Å². The number of carboxylic acid groups (broad SMARTS) is 1. The van der Waals surface area contributed by atoms with Crippen molar-refractivity contribution in [2.75, 3.05) is 11.9 Å². The Morgan fingerprint density at radius 2 is 1.79 bits per heavy atom. The number of benzene rings is 2. The van der Waals surface area contributed by atoms with Gasteiger partial charge in [-0.15, -0.1) is 5.10 Å². The summed E-state index contributed by atoms with van der Waals surface area (Å²) in [6.07, 6.45) is 1.33. The predicted octanol–water partition coefficient (Wildman–Crippen LogP) is 1.32. The van der Waals surface area contributed by atoms with Crippen molar-refractivity contribution in [2.24, 2.45) is 0 Å². The van der Waals surface area contributed by atoms with E-state index in [0.29, 0.717) is 28.1 Å². The minimum absolute atomic E-state index is 0.0162. The molecule has 0 bridgehead atoms. The molecule has 0 fully saturated rings. The molecule has 4 N–H and O–H groups in total. The number of fused-ring (bicyclic) bond motifs is 2. The first-order chi connectivity index (χ1) is 18.3. The minimum Gasteiger partial charge on any atom is -0.482 e. The molecule has 0 radical (unpaired) electrons. The van der Waals surface area contributed by atoms with Gasteiger partial charge in [-0.3, -0.25) is 14.4 Å². The summed E-state index contributed by atoms with van der Waals surface area (Å²) in [6, 6.07) is 11.3. The Kier molecular flexibility index (Phi) is 6.39. The van der Waals surface area contributed by atoms with Gasteiger partial charge in [0.2, 0.25) is 0 Å². The van der Waals surface area contributed by atoms with Crippen LogP contribution in [0.1, 0.15) is 48.0 Å². The normalized spacial score (nSPS) is 12.3. The van der Waals surface area contributed by atoms with Crippen molar-refractivity contribution in [2.45, 2.75) is 20.0 Å². The van der Waals surface area contributed by atoms with Crippen LogP contribution in [0.3, 0.4) is 0 Å². The third-order valence-electron chi connectivity index (χ3n) is 5.84. The van der Waals surface area contributed by atoms with Gasteiger partial charge in [-0.05, 0) is 41.8 Å². The van der Waals surface area contributed by atoms with Crippen molar-refractivity contribution in [3.63, 3.8) is 0 Å². The van der Waals surface area contributed by atoms with Crippen LogP contribution in [0.25, 0.3) is 5.65 Å². The molecule has 0 spiro atoms. The second-order valence-electron chi connectivity index (χ2n) is 8.52. The SMILES string of the molecule is Cc1cc(CNC(=O)c2cc(C(=O)NCc3ccc4c(c3)NC(=O)CO4)n3nncc3n2)ccc1C(=O)O. The third-order valence-corrected chi connectivity index (χ3v) is 5.84. The highest BCUT2D eigenvalue weighted by Gasteiger charge is 2.19. The highest BCUT2D eigenvalue weighted by atomic mass is 16.5. The Morgan fingerprint density at radius 3 is 2.55 bits per heavy atom. The van der Waals surface area contributed by atoms with E-state index >= 15 is 0 Å². The molecule has 0 saturated carbocycles. The second kappa shape index (κ2) is 9.97. The largest absolute Gasteiger partial charge is 0.482 e. The first kappa shape index (κ1) is 24.4. The Morgan fingerprint density at radius 1 is 1.05 bits per heavy atom. The molecule has 13 nitrogen and oxygen atoms in total. The first-order valence-electron chi connectivity index (χ1n) is 11.4. The van der Waals surface area contributed by atoms with E-state index in [0.717, 1.165) is 0 Å². The van der Waals surface area contributed by atoms with Crippen LogP contribution in [-0.4, -0.2) is 55.2 Å². The Balaban J connectivity index is 1.30. The van der Waals surface area contributed by atoms with Gasteiger partial charge in [0.1, 0.15) is 17.1 Å². The summed E-state index contributed by atoms with van der Waals surface area (Å²) in [4.78, 5) is 52.9. The molecule has 1 aliphatic rings. The molecule has 2 aromatic heterocycles. The number of carbonyl (C=O) groups is 4. The molecular formula is C25H21N7O6. The predicted molar refractivity (Wildman–Crippen MR) is 132 cm³/mol. The van der Waals surface area contributed by atoms with Gasteiger partial charge >= 0.3 is 5.97 Å². The van der Waals surface area contributed by atoms with Crippen molar-refractivity contribution in [1.29, 1.82) is 0 Å². The zero-order valence-electron chi connectivity index (χ0n) is 20.0. The maximum absolute atomic E-state index is 13.0. The molecule has 0 atom stereocenters. The average Bonchev–Trinajstić information content (AvgIpc) is 3.38. The fraction of sp³-hybridized carbons (Fsp3) is 0.160. The standard InChI is InChI=1S/C25H21N7O6/c1-13-6-14(2-4-16(13)25(36)37)9-26-23(34)18-8-19(32-21(29-18)11-28-31-32)24(35)27-10-15-3-5-20-17(7-15)30-22(33)12-38-20/h2-8,11H,9-10,12H2,1H3,(H,26,34)(H,27,35)(H,30,33)(H,36,37). The molecule has 1 aliphatic heterocycles. The number of amides is 3. The highest BCUT2D eigenvalue weighted by molar-refractivity contribution is 5.98. The van der Waals surface area contributed by atoms with E-state index in [-0.39, 0.29) is 48.2 Å². The van der Waals surface area contributed by atoms with Crippen LogP contribution in [0, 0.1) is 6.92 Å². The quantitative estimate of drug-likeness (QED) is 0.283. The van der Waals surface area contributed by atoms with Gasteiger partial charge in [0.15, 0.2) is 12.3 Å². The average molecular weight is 515 g/mol. The van der Waals surface area contributed by atoms with Crippen LogP contribution in [0.4, 0.5) is 5.69 Å². The van der Waals surface area contributed by atoms with Crippen LogP contribution in [0.5, 0.6) is 5.75 Å². The lowest BCUT2D eigenvalue weighted by Gasteiger charge is -2.18. The number of carbonyl (C=O) groups excluding carboxylic acids is 3. The number of nitrogens with one attached hydrogen (secondary N) is 3. The van der Waals surface area contributed by atoms with E-state index < -0.39 is 17.8 Å². The first-order valence-corrected chi connectivity index (χ1v) is 11.4. The number of hydrogen-bond acceptors (Lipinski definition) is 8. The fourth-order valence-corrected chi connectivity index (χ4v) is 3.96. The smallest absolute Gasteiger partial charge is 0.335 e. The number of hydrogen-bond donors (Lipinski definition) is 4. The van der Waals surface area contributed by atoms with Gasteiger partial charge in [-0.25, -0.2) is 9.78 Å². The van der Waals surface area contributed by atoms with E-state index in [4.69, 9.17) is 4.74 Å². The molecule has 3 amide bonds. The van der Waals surface area contributed by atoms with E-state index in [9.17, 15) is 24.3 Å². The van der Waals surface area contributed by atoms with E-state index in [2.05, 4.69) is 31.2 Å². The minimum atomic E-state index is -1.02. The van der Waals surface area contributed by atoms with Gasteiger partial charge in [-0.2, -0.15) is 4.52 Å². The Hall–Kier alpha value is -5.33. The van der Waals surface area contributed by atoms with E-state index in [1.165, 1.54) is 22.8 Å². The monoisotopic (exact) mass is 515 g/mol. The van der Waals surface area contributed by atoms with Crippen LogP contribution in [0.2, 0.25) is 0 Å². The number of ether oxygens (including phenoxy) is 1. The van der Waals surface area contributed by atoms with Crippen molar-refractivity contribution in [1.82, 2.24) is 30.4 Å². The van der Waals surface area contributed by atoms with Gasteiger partial charge in [0.05, 0.1) is 17.4 Å². The van der Waals surface area contributed by atoms with Gasteiger partial charge in [0, 0.05) is 19.2 Å². The molecule has 192 valence electrons. The number of anilines is 1. The maximum Gasteiger partial charge on any atom is 0.335 e. The zero-order valence-corrected chi connectivity index (χ0v) is 20.0. The Bertz CT molecular complexity index is 1610. The number of aromatic nitrogens is 4. The molecular weight excluding hydrogens is 494 g/mol.